The maximum Gasteiger partial charge on any atom is 0.211 e. The number of hydrogen-bond donors (Lipinski definition) is 7. The van der Waals surface area contributed by atoms with Gasteiger partial charge in [0.1, 0.15) is 0 Å². The lowest BCUT2D eigenvalue weighted by Gasteiger charge is -2.16. The molecule has 0 bridgehead atoms. The predicted octanol–water partition coefficient (Wildman–Crippen LogP) is -0.0888. The van der Waals surface area contributed by atoms with E-state index in [9.17, 15) is 18.0 Å². The average molecular weight is 766 g/mol. The molecule has 0 spiro atoms. The molecule has 49 heavy (non-hydrogen) atoms. The van der Waals surface area contributed by atoms with E-state index in [0.29, 0.717) is 73.0 Å². The Morgan fingerprint density at radius 3 is 1.31 bits per heavy atom. The van der Waals surface area contributed by atoms with E-state index in [1.165, 1.54) is 0 Å². The van der Waals surface area contributed by atoms with Gasteiger partial charge in [-0.25, -0.2) is 16.8 Å². The largest absolute Gasteiger partial charge is 0.748 e. The van der Waals surface area contributed by atoms with Crippen molar-refractivity contribution in [1.82, 2.24) is 14.3 Å². The number of aromatic nitrogens is 2. The van der Waals surface area contributed by atoms with Crippen molar-refractivity contribution in [3.05, 3.63) is 79.0 Å². The Balaban J connectivity index is 0.000000300. The average Bonchev–Trinajstić information content (AvgIpc) is 3.01. The van der Waals surface area contributed by atoms with Crippen LogP contribution in [0.15, 0.2) is 58.1 Å². The molecule has 2 aromatic heterocycles. The van der Waals surface area contributed by atoms with Crippen LogP contribution >= 0.6 is 23.2 Å². The minimum atomic E-state index is -3.92. The lowest BCUT2D eigenvalue weighted by molar-refractivity contribution is -0.657. The van der Waals surface area contributed by atoms with Gasteiger partial charge in [0.05, 0.1) is 66.9 Å². The second-order valence-corrected chi connectivity index (χ2v) is 14.6. The van der Waals surface area contributed by atoms with Crippen molar-refractivity contribution in [3.63, 3.8) is 0 Å². The molecular formula is C30H38Cl2N4O11S2. The van der Waals surface area contributed by atoms with Crippen molar-refractivity contribution in [1.29, 1.82) is 0 Å². The van der Waals surface area contributed by atoms with E-state index in [4.69, 9.17) is 56.6 Å². The third-order valence-electron chi connectivity index (χ3n) is 6.47. The molecule has 0 atom stereocenters. The Morgan fingerprint density at radius 2 is 1.00 bits per heavy atom. The smallest absolute Gasteiger partial charge is 0.211 e. The summed E-state index contributed by atoms with van der Waals surface area (Å²) in [4.78, 5) is 32.2. The van der Waals surface area contributed by atoms with Gasteiger partial charge in [-0.3, -0.25) is 9.59 Å². The summed E-state index contributed by atoms with van der Waals surface area (Å²) in [6.45, 7) is 1.40. The van der Waals surface area contributed by atoms with Crippen molar-refractivity contribution < 1.29 is 47.1 Å². The molecule has 0 aliphatic heterocycles. The zero-order valence-electron chi connectivity index (χ0n) is 26.5. The summed E-state index contributed by atoms with van der Waals surface area (Å²) in [5.74, 6) is 0. The quantitative estimate of drug-likeness (QED) is 0.0593. The number of rotatable bonds is 9. The Labute approximate surface area is 291 Å². The zero-order chi connectivity index (χ0) is 36.9. The molecule has 0 unspecified atom stereocenters. The van der Waals surface area contributed by atoms with Gasteiger partial charge in [0, 0.05) is 62.0 Å². The van der Waals surface area contributed by atoms with Crippen molar-refractivity contribution in [3.8, 4) is 0 Å². The minimum absolute atomic E-state index is 0.0411. The monoisotopic (exact) mass is 764 g/mol. The minimum Gasteiger partial charge on any atom is -0.748 e. The van der Waals surface area contributed by atoms with Gasteiger partial charge >= 0.3 is 0 Å². The second kappa shape index (κ2) is 19.3. The van der Waals surface area contributed by atoms with E-state index in [-0.39, 0.29) is 50.4 Å². The molecule has 8 N–H and O–H groups in total. The van der Waals surface area contributed by atoms with Crippen LogP contribution in [0.2, 0.25) is 10.0 Å². The Hall–Kier alpha value is -3.20. The van der Waals surface area contributed by atoms with Gasteiger partial charge in [0.15, 0.2) is 10.9 Å². The molecular weight excluding hydrogens is 727 g/mol. The molecule has 270 valence electrons. The highest BCUT2D eigenvalue weighted by molar-refractivity contribution is 7.88. The van der Waals surface area contributed by atoms with Gasteiger partial charge in [-0.15, -0.1) is 0 Å². The number of aromatic amines is 2. The fraction of sp³-hybridized carbons (Fsp3) is 0.333. The molecule has 3 aromatic carbocycles. The van der Waals surface area contributed by atoms with Gasteiger partial charge in [-0.2, -0.15) is 4.31 Å². The van der Waals surface area contributed by atoms with Crippen LogP contribution in [0.1, 0.15) is 0 Å². The maximum absolute atomic E-state index is 12.9. The number of nitrogens with zero attached hydrogens (tertiary/aromatic N) is 1. The van der Waals surface area contributed by atoms with Crippen LogP contribution in [0.3, 0.4) is 0 Å². The Bertz CT molecular complexity index is 2080. The van der Waals surface area contributed by atoms with Crippen molar-refractivity contribution >= 4 is 87.0 Å². The Kier molecular flexibility index (Phi) is 16.5. The zero-order valence-corrected chi connectivity index (χ0v) is 29.7. The summed E-state index contributed by atoms with van der Waals surface area (Å²) >= 11 is 12.0. The number of H-pyrrole nitrogens is 2. The Morgan fingerprint density at radius 1 is 0.653 bits per heavy atom. The molecule has 2 heterocycles. The molecule has 5 rings (SSSR count). The van der Waals surface area contributed by atoms with Gasteiger partial charge in [-0.1, -0.05) is 23.2 Å². The number of nitrogens with two attached hydrogens (primary N) is 1. The first kappa shape index (κ1) is 42.0. The highest BCUT2D eigenvalue weighted by Gasteiger charge is 2.14. The normalized spacial score (nSPS) is 11.6. The van der Waals surface area contributed by atoms with E-state index in [1.807, 2.05) is 5.32 Å². The predicted molar refractivity (Wildman–Crippen MR) is 190 cm³/mol. The summed E-state index contributed by atoms with van der Waals surface area (Å²) < 4.78 is 49.9. The number of quaternary nitrogens is 1. The standard InChI is InChI=1S/C20H10Cl2N2O2.C5H13NO4S.C4H11NO2.CH4O3S/c21-9-1-3-15-11(5-9)19(25)13-8-18-14(7-17(13)23-15)20(26)12-6-10(22)2-4-16(12)24-18;1-11(9,10)6(2-4-7)3-5-8;6-3-1-5-2-4-7;1-5(2,3)4/h1-8H,(H,23,25)(H,24,26);7-8H,2-5H2,1H3;5-7H,1-4H2;1H3,(H,2,3,4). The van der Waals surface area contributed by atoms with Crippen molar-refractivity contribution in [2.24, 2.45) is 0 Å². The summed E-state index contributed by atoms with van der Waals surface area (Å²) in [5, 5.41) is 38.1. The number of halogens is 2. The number of hydrogen-bond acceptors (Lipinski definition) is 11. The van der Waals surface area contributed by atoms with Crippen LogP contribution in [0.4, 0.5) is 0 Å². The number of sulfonamides is 1. The SMILES string of the molecule is CS(=O)(=O)N(CCO)CCO.CS(=O)(=O)[O-].O=c1c2cc(Cl)ccc2[nH]c2cc3c(=O)c4cc(Cl)ccc4[nH]c3cc12.OCC[NH2+]CCO. The summed E-state index contributed by atoms with van der Waals surface area (Å²) in [6, 6.07) is 13.7. The van der Waals surface area contributed by atoms with Crippen LogP contribution in [-0.2, 0) is 20.1 Å². The fourth-order valence-electron chi connectivity index (χ4n) is 4.38. The molecule has 0 saturated carbocycles. The molecule has 0 fully saturated rings. The molecule has 0 radical (unpaired) electrons. The number of benzene rings is 3. The van der Waals surface area contributed by atoms with E-state index in [0.717, 1.165) is 10.6 Å². The van der Waals surface area contributed by atoms with E-state index in [2.05, 4.69) is 9.97 Å². The lowest BCUT2D eigenvalue weighted by atomic mass is 10.1. The molecule has 0 aliphatic rings. The fourth-order valence-corrected chi connectivity index (χ4v) is 5.55. The highest BCUT2D eigenvalue weighted by atomic mass is 35.5. The van der Waals surface area contributed by atoms with Gasteiger partial charge in [0.2, 0.25) is 10.0 Å². The van der Waals surface area contributed by atoms with Crippen LogP contribution in [0, 0.1) is 0 Å². The molecule has 15 nitrogen and oxygen atoms in total. The maximum atomic E-state index is 12.9. The van der Waals surface area contributed by atoms with Crippen LogP contribution in [0.5, 0.6) is 0 Å². The van der Waals surface area contributed by atoms with Crippen LogP contribution < -0.4 is 16.2 Å². The molecule has 0 amide bonds. The summed E-state index contributed by atoms with van der Waals surface area (Å²) in [6.07, 6.45) is 1.64. The number of fused-ring (bicyclic) bond motifs is 4. The summed E-state index contributed by atoms with van der Waals surface area (Å²) in [5.41, 5.74) is 2.29. The molecule has 0 saturated heterocycles. The molecule has 19 heteroatoms. The van der Waals surface area contributed by atoms with Crippen LogP contribution in [0.25, 0.3) is 43.6 Å². The first-order chi connectivity index (χ1) is 22.9. The lowest BCUT2D eigenvalue weighted by Crippen LogP contribution is -2.85. The van der Waals surface area contributed by atoms with Gasteiger partial charge < -0.3 is 40.3 Å². The van der Waals surface area contributed by atoms with Crippen molar-refractivity contribution in [2.75, 3.05) is 65.1 Å². The van der Waals surface area contributed by atoms with E-state index >= 15 is 0 Å². The number of pyridine rings is 2. The van der Waals surface area contributed by atoms with E-state index < -0.39 is 20.1 Å². The summed E-state index contributed by atoms with van der Waals surface area (Å²) in [7, 11) is -7.19. The highest BCUT2D eigenvalue weighted by Crippen LogP contribution is 2.24. The topological polar surface area (TPSA) is 258 Å². The third-order valence-corrected chi connectivity index (χ3v) is 8.25. The number of aliphatic hydroxyl groups is 4. The first-order valence-corrected chi connectivity index (χ1v) is 18.9. The van der Waals surface area contributed by atoms with Gasteiger partial charge in [0.25, 0.3) is 0 Å². The molecule has 5 aromatic rings. The van der Waals surface area contributed by atoms with Crippen LogP contribution in [-0.4, -0.2) is 121 Å². The second-order valence-electron chi connectivity index (χ2n) is 10.4. The number of aliphatic hydroxyl groups excluding tert-OH is 4. The van der Waals surface area contributed by atoms with E-state index in [1.54, 1.807) is 48.5 Å². The van der Waals surface area contributed by atoms with Gasteiger partial charge in [-0.05, 0) is 48.5 Å². The number of nitrogens with one attached hydrogen (secondary N) is 2. The van der Waals surface area contributed by atoms with Crippen molar-refractivity contribution in [2.45, 2.75) is 0 Å². The molecule has 0 aliphatic carbocycles. The first-order valence-electron chi connectivity index (χ1n) is 14.5. The third kappa shape index (κ3) is 13.2.